The van der Waals surface area contributed by atoms with E-state index in [2.05, 4.69) is 20.8 Å². The lowest BCUT2D eigenvalue weighted by atomic mass is 9.83. The van der Waals surface area contributed by atoms with E-state index in [-0.39, 0.29) is 23.7 Å². The van der Waals surface area contributed by atoms with Gasteiger partial charge in [-0.25, -0.2) is 26.5 Å². The maximum atomic E-state index is 14.7. The molecule has 0 saturated heterocycles. The number of methoxy groups -OCH3 is 2. The van der Waals surface area contributed by atoms with Crippen LogP contribution in [0, 0.1) is 29.1 Å². The van der Waals surface area contributed by atoms with Gasteiger partial charge in [0.25, 0.3) is 0 Å². The number of hydrogen-bond acceptors (Lipinski definition) is 2. The summed E-state index contributed by atoms with van der Waals surface area (Å²) in [4.78, 5) is 0. The number of benzene rings is 3. The maximum Gasteiger partial charge on any atom is 0.200 e. The molecule has 0 fully saturated rings. The second kappa shape index (κ2) is 11.5. The van der Waals surface area contributed by atoms with Crippen molar-refractivity contribution in [1.29, 1.82) is 0 Å². The minimum Gasteiger partial charge on any atom is -1.00 e. The van der Waals surface area contributed by atoms with Crippen molar-refractivity contribution < 1.29 is 48.4 Å². The summed E-state index contributed by atoms with van der Waals surface area (Å²) in [5, 5.41) is 0. The van der Waals surface area contributed by atoms with Crippen LogP contribution in [0.5, 0.6) is 11.5 Å². The lowest BCUT2D eigenvalue weighted by Crippen LogP contribution is -3.00. The van der Waals surface area contributed by atoms with E-state index in [1.165, 1.54) is 14.2 Å². The second-order valence-corrected chi connectivity index (χ2v) is 10.6. The first kappa shape index (κ1) is 30.4. The number of halogens is 6. The lowest BCUT2D eigenvalue weighted by molar-refractivity contribution is -0.546. The first-order valence-corrected chi connectivity index (χ1v) is 12.4. The van der Waals surface area contributed by atoms with E-state index in [4.69, 9.17) is 9.47 Å². The van der Waals surface area contributed by atoms with Gasteiger partial charge in [-0.1, -0.05) is 45.0 Å². The molecule has 0 radical (unpaired) electrons. The Hall–Kier alpha value is -3.13. The monoisotopic (exact) mass is 567 g/mol. The molecule has 210 valence electrons. The van der Waals surface area contributed by atoms with Crippen LogP contribution in [0.2, 0.25) is 0 Å². The Balaban J connectivity index is 0.00000420. The van der Waals surface area contributed by atoms with Crippen molar-refractivity contribution >= 4 is 5.71 Å². The topological polar surface area (TPSA) is 21.5 Å². The summed E-state index contributed by atoms with van der Waals surface area (Å²) in [7, 11) is 3.04. The fraction of sp³-hybridized carbons (Fsp3) is 0.367. The van der Waals surface area contributed by atoms with Crippen molar-refractivity contribution in [2.45, 2.75) is 52.0 Å². The quantitative estimate of drug-likeness (QED) is 0.194. The third-order valence-corrected chi connectivity index (χ3v) is 7.21. The van der Waals surface area contributed by atoms with Crippen LogP contribution >= 0.6 is 0 Å². The van der Waals surface area contributed by atoms with Gasteiger partial charge in [-0.2, -0.15) is 0 Å². The van der Waals surface area contributed by atoms with Crippen LogP contribution in [0.25, 0.3) is 0 Å². The molecule has 9 heteroatoms. The molecule has 1 aliphatic rings. The number of ether oxygens (including phenoxy) is 2. The van der Waals surface area contributed by atoms with E-state index in [1.807, 2.05) is 37.3 Å². The second-order valence-electron chi connectivity index (χ2n) is 10.6. The highest BCUT2D eigenvalue weighted by atomic mass is 35.5. The largest absolute Gasteiger partial charge is 1.00 e. The third-order valence-electron chi connectivity index (χ3n) is 7.21. The zero-order valence-electron chi connectivity index (χ0n) is 22.7. The van der Waals surface area contributed by atoms with E-state index in [0.717, 1.165) is 22.3 Å². The molecule has 3 nitrogen and oxygen atoms in total. The Morgan fingerprint density at radius 3 is 1.85 bits per heavy atom. The highest BCUT2D eigenvalue weighted by Crippen LogP contribution is 2.36. The van der Waals surface area contributed by atoms with Crippen LogP contribution in [-0.4, -0.2) is 31.1 Å². The van der Waals surface area contributed by atoms with Crippen LogP contribution in [0.1, 0.15) is 61.4 Å². The minimum absolute atomic E-state index is 0. The molecule has 3 aromatic carbocycles. The van der Waals surface area contributed by atoms with E-state index in [0.29, 0.717) is 30.2 Å². The van der Waals surface area contributed by atoms with E-state index in [1.54, 1.807) is 10.6 Å². The van der Waals surface area contributed by atoms with Gasteiger partial charge in [0.15, 0.2) is 47.0 Å². The molecular weight excluding hydrogens is 537 g/mol. The molecule has 0 N–H and O–H groups in total. The molecule has 1 heterocycles. The van der Waals surface area contributed by atoms with Gasteiger partial charge in [-0.05, 0) is 41.2 Å². The third kappa shape index (κ3) is 5.62. The number of rotatable bonds is 6. The molecular formula is C30H31ClF5NO2. The zero-order valence-corrected chi connectivity index (χ0v) is 23.5. The molecule has 3 aromatic rings. The molecule has 0 spiro atoms. The summed E-state index contributed by atoms with van der Waals surface area (Å²) in [5.74, 6) is -8.96. The zero-order chi connectivity index (χ0) is 27.9. The Morgan fingerprint density at radius 2 is 1.33 bits per heavy atom. The van der Waals surface area contributed by atoms with Crippen molar-refractivity contribution in [1.82, 2.24) is 0 Å². The molecule has 0 bridgehead atoms. The SMILES string of the molecule is COc1cc2c(cc1OC)C(C(C)c1ccc(C(C)(C)C)cc1)=[N+](Cc1c(F)c(F)c(F)c(F)c1F)CC2.[Cl-]. The Kier molecular flexibility index (Phi) is 9.00. The Labute approximate surface area is 231 Å². The van der Waals surface area contributed by atoms with Gasteiger partial charge < -0.3 is 21.9 Å². The van der Waals surface area contributed by atoms with E-state index < -0.39 is 41.2 Å². The molecule has 0 aliphatic carbocycles. The van der Waals surface area contributed by atoms with Crippen LogP contribution in [0.3, 0.4) is 0 Å². The summed E-state index contributed by atoms with van der Waals surface area (Å²) >= 11 is 0. The van der Waals surface area contributed by atoms with Gasteiger partial charge >= 0.3 is 0 Å². The average molecular weight is 568 g/mol. The molecule has 0 saturated carbocycles. The summed E-state index contributed by atoms with van der Waals surface area (Å²) in [5.41, 5.74) is 3.58. The van der Waals surface area contributed by atoms with Crippen LogP contribution in [0.15, 0.2) is 36.4 Å². The maximum absolute atomic E-state index is 14.7. The molecule has 1 atom stereocenters. The lowest BCUT2D eigenvalue weighted by Gasteiger charge is -2.25. The molecule has 1 unspecified atom stereocenters. The molecule has 0 amide bonds. The average Bonchev–Trinajstić information content (AvgIpc) is 2.91. The van der Waals surface area contributed by atoms with Gasteiger partial charge in [-0.3, -0.25) is 0 Å². The fourth-order valence-corrected chi connectivity index (χ4v) is 4.99. The van der Waals surface area contributed by atoms with E-state index >= 15 is 0 Å². The highest BCUT2D eigenvalue weighted by molar-refractivity contribution is 6.03. The van der Waals surface area contributed by atoms with Crippen molar-refractivity contribution in [3.63, 3.8) is 0 Å². The molecule has 0 aromatic heterocycles. The summed E-state index contributed by atoms with van der Waals surface area (Å²) < 4.78 is 83.8. The van der Waals surface area contributed by atoms with Gasteiger partial charge in [-0.15, -0.1) is 0 Å². The standard InChI is InChI=1S/C30H31F5NO2.ClH/c1-16(17-7-9-19(10-8-17)30(2,3)4)29-20-14-23(38-6)22(37-5)13-18(20)11-12-36(29)15-21-24(31)26(33)28(35)27(34)25(21)32;/h7-10,13-14,16H,11-12,15H2,1-6H3;1H/q+1;/p-1. The molecule has 39 heavy (non-hydrogen) atoms. The van der Waals surface area contributed by atoms with Gasteiger partial charge in [0.1, 0.15) is 6.54 Å². The first-order chi connectivity index (χ1) is 17.9. The Bertz CT molecular complexity index is 1390. The predicted octanol–water partition coefficient (Wildman–Crippen LogP) is 4.06. The summed E-state index contributed by atoms with van der Waals surface area (Å²) in [6.07, 6.45) is 0.476. The first-order valence-electron chi connectivity index (χ1n) is 12.4. The van der Waals surface area contributed by atoms with Gasteiger partial charge in [0.05, 0.1) is 25.7 Å². The number of fused-ring (bicyclic) bond motifs is 1. The van der Waals surface area contributed by atoms with Crippen molar-refractivity contribution in [3.05, 3.63) is 93.3 Å². The number of nitrogens with zero attached hydrogens (tertiary/aromatic N) is 1. The summed E-state index contributed by atoms with van der Waals surface area (Å²) in [6.45, 7) is 8.12. The smallest absolute Gasteiger partial charge is 0.200 e. The van der Waals surface area contributed by atoms with Crippen LogP contribution in [0.4, 0.5) is 22.0 Å². The number of hydrogen-bond donors (Lipinski definition) is 0. The van der Waals surface area contributed by atoms with Crippen LogP contribution in [-0.2, 0) is 18.4 Å². The normalized spacial score (nSPS) is 14.0. The fourth-order valence-electron chi connectivity index (χ4n) is 4.99. The van der Waals surface area contributed by atoms with Crippen LogP contribution < -0.4 is 21.9 Å². The van der Waals surface area contributed by atoms with Gasteiger partial charge in [0, 0.05) is 12.0 Å². The Morgan fingerprint density at radius 1 is 0.821 bits per heavy atom. The predicted molar refractivity (Wildman–Crippen MR) is 136 cm³/mol. The molecule has 4 rings (SSSR count). The van der Waals surface area contributed by atoms with Gasteiger partial charge in [0.2, 0.25) is 5.82 Å². The minimum atomic E-state index is -2.17. The van der Waals surface area contributed by atoms with Crippen molar-refractivity contribution in [3.8, 4) is 11.5 Å². The highest BCUT2D eigenvalue weighted by Gasteiger charge is 2.35. The van der Waals surface area contributed by atoms with Crippen molar-refractivity contribution in [2.24, 2.45) is 0 Å². The molecule has 1 aliphatic heterocycles. The van der Waals surface area contributed by atoms with Crippen molar-refractivity contribution in [2.75, 3.05) is 20.8 Å². The van der Waals surface area contributed by atoms with E-state index in [9.17, 15) is 22.0 Å². The summed E-state index contributed by atoms with van der Waals surface area (Å²) in [6, 6.07) is 11.7.